The van der Waals surface area contributed by atoms with Gasteiger partial charge in [0.15, 0.2) is 0 Å². The lowest BCUT2D eigenvalue weighted by Gasteiger charge is -2.26. The van der Waals surface area contributed by atoms with Gasteiger partial charge in [-0.3, -0.25) is 9.69 Å². The topological polar surface area (TPSA) is 69.3 Å². The van der Waals surface area contributed by atoms with E-state index in [1.165, 1.54) is 22.6 Å². The quantitative estimate of drug-likeness (QED) is 0.719. The Balaban J connectivity index is 1.79. The van der Waals surface area contributed by atoms with Crippen molar-refractivity contribution in [3.8, 4) is 0 Å². The molecule has 1 N–H and O–H groups in total. The molecule has 1 unspecified atom stereocenters. The molecule has 2 aromatic heterocycles. The van der Waals surface area contributed by atoms with Gasteiger partial charge in [-0.15, -0.1) is 11.3 Å². The summed E-state index contributed by atoms with van der Waals surface area (Å²) < 4.78 is 43.9. The molecule has 0 radical (unpaired) electrons. The fourth-order valence-corrected chi connectivity index (χ4v) is 3.78. The third-order valence-corrected chi connectivity index (χ3v) is 5.16. The van der Waals surface area contributed by atoms with E-state index in [0.717, 1.165) is 9.78 Å². The van der Waals surface area contributed by atoms with Crippen LogP contribution in [-0.2, 0) is 4.79 Å². The molecule has 3 rings (SSSR count). The molecular formula is C18H20F3N3O3S. The molecule has 152 valence electrons. The molecule has 10 heteroatoms. The van der Waals surface area contributed by atoms with Crippen molar-refractivity contribution >= 4 is 23.0 Å². The molecule has 1 atom stereocenters. The van der Waals surface area contributed by atoms with Crippen molar-refractivity contribution in [2.24, 2.45) is 5.10 Å². The van der Waals surface area contributed by atoms with Gasteiger partial charge in [-0.25, -0.2) is 5.01 Å². The molecule has 0 fully saturated rings. The van der Waals surface area contributed by atoms with Crippen molar-refractivity contribution in [2.75, 3.05) is 26.2 Å². The lowest BCUT2D eigenvalue weighted by Crippen LogP contribution is -2.43. The number of rotatable bonds is 8. The van der Waals surface area contributed by atoms with E-state index in [1.807, 2.05) is 17.5 Å². The summed E-state index contributed by atoms with van der Waals surface area (Å²) in [5.74, 6) is -0.0171. The van der Waals surface area contributed by atoms with Crippen molar-refractivity contribution in [1.29, 1.82) is 0 Å². The standard InChI is InChI=1S/C18H20F3N3O3S/c19-18(20,21)12-23(6-3-7-25)11-17(26)24-14(15-4-1-8-27-15)10-13(22-24)16-5-2-9-28-16/h1-2,4-5,8-9,14,25H,3,6-7,10-12H2. The van der Waals surface area contributed by atoms with Crippen molar-refractivity contribution in [2.45, 2.75) is 25.1 Å². The molecule has 0 saturated heterocycles. The SMILES string of the molecule is O=C(CN(CCCO)CC(F)(F)F)N1N=C(c2cccs2)CC1c1ccco1. The average Bonchev–Trinajstić information content (AvgIpc) is 3.38. The maximum Gasteiger partial charge on any atom is 0.401 e. The summed E-state index contributed by atoms with van der Waals surface area (Å²) in [6.07, 6.45) is -2.38. The normalized spacial score (nSPS) is 17.4. The number of hydrogen-bond donors (Lipinski definition) is 1. The lowest BCUT2D eigenvalue weighted by molar-refractivity contribution is -0.152. The van der Waals surface area contributed by atoms with Crippen LogP contribution in [0, 0.1) is 0 Å². The van der Waals surface area contributed by atoms with Gasteiger partial charge in [0, 0.05) is 19.6 Å². The van der Waals surface area contributed by atoms with Crippen LogP contribution in [0.3, 0.4) is 0 Å². The highest BCUT2D eigenvalue weighted by molar-refractivity contribution is 7.12. The fraction of sp³-hybridized carbons (Fsp3) is 0.444. The van der Waals surface area contributed by atoms with E-state index in [4.69, 9.17) is 9.52 Å². The third kappa shape index (κ3) is 5.21. The number of alkyl halides is 3. The Morgan fingerprint density at radius 1 is 1.39 bits per heavy atom. The molecule has 3 heterocycles. The molecule has 6 nitrogen and oxygen atoms in total. The Labute approximate surface area is 163 Å². The molecule has 0 saturated carbocycles. The van der Waals surface area contributed by atoms with Gasteiger partial charge in [-0.2, -0.15) is 18.3 Å². The van der Waals surface area contributed by atoms with Crippen LogP contribution < -0.4 is 0 Å². The van der Waals surface area contributed by atoms with Gasteiger partial charge in [0.2, 0.25) is 0 Å². The van der Waals surface area contributed by atoms with Crippen LogP contribution in [-0.4, -0.2) is 59.1 Å². The monoisotopic (exact) mass is 415 g/mol. The van der Waals surface area contributed by atoms with Crippen LogP contribution >= 0.6 is 11.3 Å². The minimum atomic E-state index is -4.44. The summed E-state index contributed by atoms with van der Waals surface area (Å²) in [5, 5.41) is 16.4. The van der Waals surface area contributed by atoms with E-state index in [9.17, 15) is 18.0 Å². The lowest BCUT2D eigenvalue weighted by atomic mass is 10.1. The van der Waals surface area contributed by atoms with Gasteiger partial charge in [-0.1, -0.05) is 6.07 Å². The molecule has 1 aliphatic rings. The maximum absolute atomic E-state index is 12.8. The second kappa shape index (κ2) is 8.89. The van der Waals surface area contributed by atoms with Crippen molar-refractivity contribution in [3.63, 3.8) is 0 Å². The molecule has 0 spiro atoms. The van der Waals surface area contributed by atoms with E-state index >= 15 is 0 Å². The summed E-state index contributed by atoms with van der Waals surface area (Å²) in [7, 11) is 0. The van der Waals surface area contributed by atoms with Gasteiger partial charge >= 0.3 is 6.18 Å². The summed E-state index contributed by atoms with van der Waals surface area (Å²) in [6, 6.07) is 6.67. The van der Waals surface area contributed by atoms with Crippen molar-refractivity contribution in [1.82, 2.24) is 9.91 Å². The fourth-order valence-electron chi connectivity index (χ4n) is 3.06. The highest BCUT2D eigenvalue weighted by Crippen LogP contribution is 2.34. The van der Waals surface area contributed by atoms with Crippen LogP contribution in [0.4, 0.5) is 13.2 Å². The summed E-state index contributed by atoms with van der Waals surface area (Å²) in [4.78, 5) is 14.7. The van der Waals surface area contributed by atoms with Crippen LogP contribution in [0.5, 0.6) is 0 Å². The molecular weight excluding hydrogens is 395 g/mol. The predicted molar refractivity (Wildman–Crippen MR) is 98.0 cm³/mol. The number of aliphatic hydroxyl groups is 1. The zero-order valence-electron chi connectivity index (χ0n) is 14.9. The maximum atomic E-state index is 12.8. The van der Waals surface area contributed by atoms with E-state index in [0.29, 0.717) is 17.9 Å². The van der Waals surface area contributed by atoms with Crippen LogP contribution in [0.15, 0.2) is 45.4 Å². The first-order chi connectivity index (χ1) is 13.4. The van der Waals surface area contributed by atoms with Gasteiger partial charge in [-0.05, 0) is 30.0 Å². The Bertz CT molecular complexity index is 791. The molecule has 28 heavy (non-hydrogen) atoms. The zero-order chi connectivity index (χ0) is 20.1. The highest BCUT2D eigenvalue weighted by Gasteiger charge is 2.37. The Kier molecular flexibility index (Phi) is 6.53. The van der Waals surface area contributed by atoms with Gasteiger partial charge < -0.3 is 9.52 Å². The molecule has 0 bridgehead atoms. The third-order valence-electron chi connectivity index (χ3n) is 4.24. The molecule has 0 aliphatic carbocycles. The minimum absolute atomic E-state index is 0.0392. The van der Waals surface area contributed by atoms with E-state index in [2.05, 4.69) is 5.10 Å². The van der Waals surface area contributed by atoms with Gasteiger partial charge in [0.25, 0.3) is 5.91 Å². The van der Waals surface area contributed by atoms with Crippen LogP contribution in [0.1, 0.15) is 29.5 Å². The molecule has 1 aliphatic heterocycles. The van der Waals surface area contributed by atoms with E-state index in [-0.39, 0.29) is 19.6 Å². The van der Waals surface area contributed by atoms with Gasteiger partial charge in [0.1, 0.15) is 11.8 Å². The number of hydrogen-bond acceptors (Lipinski definition) is 6. The first-order valence-electron chi connectivity index (χ1n) is 8.74. The number of halogens is 3. The number of carbonyl (C=O) groups is 1. The first kappa shape index (κ1) is 20.6. The average molecular weight is 415 g/mol. The molecule has 2 aromatic rings. The Hall–Kier alpha value is -2.17. The number of nitrogens with zero attached hydrogens (tertiary/aromatic N) is 3. The Morgan fingerprint density at radius 2 is 2.21 bits per heavy atom. The zero-order valence-corrected chi connectivity index (χ0v) is 15.7. The largest absolute Gasteiger partial charge is 0.467 e. The van der Waals surface area contributed by atoms with E-state index in [1.54, 1.807) is 12.1 Å². The second-order valence-electron chi connectivity index (χ2n) is 6.40. The number of hydrazone groups is 1. The van der Waals surface area contributed by atoms with Crippen molar-refractivity contribution in [3.05, 3.63) is 46.5 Å². The van der Waals surface area contributed by atoms with Crippen molar-refractivity contribution < 1.29 is 27.5 Å². The molecule has 0 aromatic carbocycles. The smallest absolute Gasteiger partial charge is 0.401 e. The molecule has 1 amide bonds. The predicted octanol–water partition coefficient (Wildman–Crippen LogP) is 3.27. The number of aliphatic hydroxyl groups excluding tert-OH is 1. The van der Waals surface area contributed by atoms with Gasteiger partial charge in [0.05, 0.1) is 29.9 Å². The summed E-state index contributed by atoms with van der Waals surface area (Å²) >= 11 is 1.48. The minimum Gasteiger partial charge on any atom is -0.467 e. The number of thiophene rings is 1. The Morgan fingerprint density at radius 3 is 2.82 bits per heavy atom. The summed E-state index contributed by atoms with van der Waals surface area (Å²) in [6.45, 7) is -1.96. The second-order valence-corrected chi connectivity index (χ2v) is 7.35. The number of furan rings is 1. The summed E-state index contributed by atoms with van der Waals surface area (Å²) in [5.41, 5.74) is 0.697. The van der Waals surface area contributed by atoms with Crippen LogP contribution in [0.2, 0.25) is 0 Å². The highest BCUT2D eigenvalue weighted by atomic mass is 32.1. The van der Waals surface area contributed by atoms with E-state index < -0.39 is 31.2 Å². The number of carbonyl (C=O) groups excluding carboxylic acids is 1. The first-order valence-corrected chi connectivity index (χ1v) is 9.62. The number of amides is 1. The van der Waals surface area contributed by atoms with Crippen LogP contribution in [0.25, 0.3) is 0 Å².